The number of aliphatic hydroxyl groups excluding tert-OH is 1. The number of unbranched alkanes of at least 4 members (excludes halogenated alkanes) is 1. The van der Waals surface area contributed by atoms with E-state index in [1.165, 1.54) is 0 Å². The Morgan fingerprint density at radius 2 is 2.12 bits per heavy atom. The van der Waals surface area contributed by atoms with Gasteiger partial charge in [-0.1, -0.05) is 13.3 Å². The van der Waals surface area contributed by atoms with Gasteiger partial charge < -0.3 is 14.6 Å². The summed E-state index contributed by atoms with van der Waals surface area (Å²) in [5, 5.41) is 9.64. The lowest BCUT2D eigenvalue weighted by molar-refractivity contribution is -0.144. The Morgan fingerprint density at radius 3 is 2.71 bits per heavy atom. The molecule has 0 amide bonds. The van der Waals surface area contributed by atoms with Gasteiger partial charge in [-0.3, -0.25) is 9.69 Å². The maximum atomic E-state index is 11.2. The number of carbonyl (C=O) groups excluding carboxylic acids is 1. The maximum absolute atomic E-state index is 11.2. The first-order chi connectivity index (χ1) is 8.10. The lowest BCUT2D eigenvalue weighted by Gasteiger charge is -2.19. The zero-order chi connectivity index (χ0) is 13.1. The van der Waals surface area contributed by atoms with Crippen LogP contribution in [0.15, 0.2) is 0 Å². The van der Waals surface area contributed by atoms with Crippen molar-refractivity contribution in [2.75, 3.05) is 40.0 Å². The third-order valence-corrected chi connectivity index (χ3v) is 2.18. The predicted octanol–water partition coefficient (Wildman–Crippen LogP) is 0.659. The van der Waals surface area contributed by atoms with E-state index < -0.39 is 6.10 Å². The lowest BCUT2D eigenvalue weighted by Crippen LogP contribution is -2.36. The Labute approximate surface area is 104 Å². The molecule has 0 saturated carbocycles. The van der Waals surface area contributed by atoms with Crippen LogP contribution in [-0.2, 0) is 14.3 Å². The fourth-order valence-corrected chi connectivity index (χ4v) is 1.37. The molecule has 17 heavy (non-hydrogen) atoms. The molecule has 0 fully saturated rings. The minimum absolute atomic E-state index is 0.194. The highest BCUT2D eigenvalue weighted by Crippen LogP contribution is 1.94. The molecule has 0 rings (SSSR count). The molecule has 0 aliphatic carbocycles. The lowest BCUT2D eigenvalue weighted by atomic mass is 10.3. The van der Waals surface area contributed by atoms with E-state index in [9.17, 15) is 9.90 Å². The molecule has 0 aromatic carbocycles. The molecular weight excluding hydrogens is 222 g/mol. The first-order valence-electron chi connectivity index (χ1n) is 6.20. The summed E-state index contributed by atoms with van der Waals surface area (Å²) in [6, 6.07) is 0. The molecule has 0 radical (unpaired) electrons. The molecule has 0 aliphatic rings. The van der Waals surface area contributed by atoms with E-state index in [1.807, 2.05) is 0 Å². The van der Waals surface area contributed by atoms with Crippen LogP contribution in [0.1, 0.15) is 26.7 Å². The molecule has 5 nitrogen and oxygen atoms in total. The Kier molecular flexibility index (Phi) is 10.1. The van der Waals surface area contributed by atoms with E-state index in [1.54, 1.807) is 18.9 Å². The number of likely N-dealkylation sites (N-methyl/N-ethyl adjacent to an activating group) is 1. The van der Waals surface area contributed by atoms with Gasteiger partial charge in [-0.25, -0.2) is 0 Å². The molecule has 0 spiro atoms. The molecule has 0 aromatic rings. The smallest absolute Gasteiger partial charge is 0.320 e. The average molecular weight is 247 g/mol. The van der Waals surface area contributed by atoms with Gasteiger partial charge >= 0.3 is 5.97 Å². The summed E-state index contributed by atoms with van der Waals surface area (Å²) in [6.07, 6.45) is 1.52. The van der Waals surface area contributed by atoms with E-state index in [0.717, 1.165) is 12.8 Å². The standard InChI is InChI=1S/C12H25NO4/c1-4-6-7-16-10-11(14)8-13(3)9-12(15)17-5-2/h11,14H,4-10H2,1-3H3. The summed E-state index contributed by atoms with van der Waals surface area (Å²) in [7, 11) is 1.77. The first-order valence-corrected chi connectivity index (χ1v) is 6.20. The van der Waals surface area contributed by atoms with Crippen molar-refractivity contribution in [3.63, 3.8) is 0 Å². The van der Waals surface area contributed by atoms with Crippen LogP contribution in [0.3, 0.4) is 0 Å². The van der Waals surface area contributed by atoms with Crippen molar-refractivity contribution in [2.45, 2.75) is 32.8 Å². The monoisotopic (exact) mass is 247 g/mol. The molecule has 0 bridgehead atoms. The van der Waals surface area contributed by atoms with Crippen molar-refractivity contribution >= 4 is 5.97 Å². The molecule has 0 heterocycles. The molecule has 1 unspecified atom stereocenters. The van der Waals surface area contributed by atoms with Crippen LogP contribution in [-0.4, -0.2) is 62.0 Å². The second-order valence-corrected chi connectivity index (χ2v) is 4.08. The van der Waals surface area contributed by atoms with E-state index in [0.29, 0.717) is 26.4 Å². The minimum Gasteiger partial charge on any atom is -0.465 e. The first kappa shape index (κ1) is 16.4. The zero-order valence-corrected chi connectivity index (χ0v) is 11.1. The molecule has 1 atom stereocenters. The quantitative estimate of drug-likeness (QED) is 0.454. The molecule has 0 aliphatic heterocycles. The second-order valence-electron chi connectivity index (χ2n) is 4.08. The Hall–Kier alpha value is -0.650. The number of hydrogen-bond acceptors (Lipinski definition) is 5. The predicted molar refractivity (Wildman–Crippen MR) is 65.9 cm³/mol. The van der Waals surface area contributed by atoms with Gasteiger partial charge in [0, 0.05) is 13.2 Å². The number of rotatable bonds is 10. The molecule has 1 N–H and O–H groups in total. The van der Waals surface area contributed by atoms with Crippen LogP contribution in [0, 0.1) is 0 Å². The van der Waals surface area contributed by atoms with Crippen molar-refractivity contribution in [3.05, 3.63) is 0 Å². The van der Waals surface area contributed by atoms with Crippen molar-refractivity contribution in [2.24, 2.45) is 0 Å². The Bertz CT molecular complexity index is 199. The second kappa shape index (κ2) is 10.5. The summed E-state index contributed by atoms with van der Waals surface area (Å²) >= 11 is 0. The van der Waals surface area contributed by atoms with Gasteiger partial charge in [0.15, 0.2) is 0 Å². The fraction of sp³-hybridized carbons (Fsp3) is 0.917. The number of hydrogen-bond donors (Lipinski definition) is 1. The molecule has 0 saturated heterocycles. The van der Waals surface area contributed by atoms with Crippen molar-refractivity contribution < 1.29 is 19.4 Å². The van der Waals surface area contributed by atoms with Crippen LogP contribution in [0.5, 0.6) is 0 Å². The van der Waals surface area contributed by atoms with Crippen LogP contribution in [0.25, 0.3) is 0 Å². The third-order valence-electron chi connectivity index (χ3n) is 2.18. The molecular formula is C12H25NO4. The molecule has 102 valence electrons. The van der Waals surface area contributed by atoms with E-state index >= 15 is 0 Å². The van der Waals surface area contributed by atoms with Crippen molar-refractivity contribution in [1.82, 2.24) is 4.90 Å². The average Bonchev–Trinajstić information content (AvgIpc) is 2.24. The summed E-state index contributed by atoms with van der Waals surface area (Å²) in [5.74, 6) is -0.269. The van der Waals surface area contributed by atoms with Crippen molar-refractivity contribution in [1.29, 1.82) is 0 Å². The van der Waals surface area contributed by atoms with E-state index in [2.05, 4.69) is 6.92 Å². The highest BCUT2D eigenvalue weighted by Gasteiger charge is 2.12. The topological polar surface area (TPSA) is 59.0 Å². The van der Waals surface area contributed by atoms with Crippen LogP contribution >= 0.6 is 0 Å². The molecule has 0 aromatic heterocycles. The van der Waals surface area contributed by atoms with Gasteiger partial charge in [-0.2, -0.15) is 0 Å². The number of esters is 1. The minimum atomic E-state index is -0.564. The van der Waals surface area contributed by atoms with Gasteiger partial charge in [-0.05, 0) is 20.4 Å². The normalized spacial score (nSPS) is 12.8. The highest BCUT2D eigenvalue weighted by molar-refractivity contribution is 5.71. The highest BCUT2D eigenvalue weighted by atomic mass is 16.5. The zero-order valence-electron chi connectivity index (χ0n) is 11.1. The number of nitrogens with zero attached hydrogens (tertiary/aromatic N) is 1. The molecule has 5 heteroatoms. The Morgan fingerprint density at radius 1 is 1.41 bits per heavy atom. The number of ether oxygens (including phenoxy) is 2. The van der Waals surface area contributed by atoms with Crippen LogP contribution in [0.2, 0.25) is 0 Å². The van der Waals surface area contributed by atoms with Gasteiger partial charge in [0.2, 0.25) is 0 Å². The summed E-state index contributed by atoms with van der Waals surface area (Å²) in [4.78, 5) is 12.9. The summed E-state index contributed by atoms with van der Waals surface area (Å²) in [5.41, 5.74) is 0. The van der Waals surface area contributed by atoms with Gasteiger partial charge in [0.05, 0.1) is 25.9 Å². The fourth-order valence-electron chi connectivity index (χ4n) is 1.37. The number of carbonyl (C=O) groups is 1. The van der Waals surface area contributed by atoms with E-state index in [-0.39, 0.29) is 12.5 Å². The Balaban J connectivity index is 3.57. The summed E-state index contributed by atoms with van der Waals surface area (Å²) in [6.45, 7) is 5.84. The maximum Gasteiger partial charge on any atom is 0.320 e. The van der Waals surface area contributed by atoms with Gasteiger partial charge in [0.25, 0.3) is 0 Å². The van der Waals surface area contributed by atoms with Gasteiger partial charge in [0.1, 0.15) is 0 Å². The van der Waals surface area contributed by atoms with Crippen LogP contribution in [0.4, 0.5) is 0 Å². The van der Waals surface area contributed by atoms with E-state index in [4.69, 9.17) is 9.47 Å². The van der Waals surface area contributed by atoms with Gasteiger partial charge in [-0.15, -0.1) is 0 Å². The summed E-state index contributed by atoms with van der Waals surface area (Å²) < 4.78 is 10.1. The number of aliphatic hydroxyl groups is 1. The van der Waals surface area contributed by atoms with Crippen LogP contribution < -0.4 is 0 Å². The van der Waals surface area contributed by atoms with Crippen molar-refractivity contribution in [3.8, 4) is 0 Å². The largest absolute Gasteiger partial charge is 0.465 e. The third kappa shape index (κ3) is 10.2. The SMILES string of the molecule is CCCCOCC(O)CN(C)CC(=O)OCC.